The van der Waals surface area contributed by atoms with Crippen molar-refractivity contribution in [3.8, 4) is 0 Å². The Morgan fingerprint density at radius 1 is 1.38 bits per heavy atom. The van der Waals surface area contributed by atoms with Gasteiger partial charge in [0.05, 0.1) is 18.3 Å². The van der Waals surface area contributed by atoms with E-state index in [4.69, 9.17) is 4.52 Å². The van der Waals surface area contributed by atoms with E-state index in [0.717, 1.165) is 15.6 Å². The molecule has 1 N–H and O–H groups in total. The molecule has 0 aliphatic carbocycles. The second-order valence-corrected chi connectivity index (χ2v) is 5.43. The van der Waals surface area contributed by atoms with E-state index < -0.39 is 0 Å². The molecule has 0 saturated carbocycles. The molecule has 0 saturated heterocycles. The number of para-hydroxylation sites is 1. The molecular weight excluding hydrogens is 334 g/mol. The van der Waals surface area contributed by atoms with Crippen LogP contribution < -0.4 is 5.32 Å². The lowest BCUT2D eigenvalue weighted by Crippen LogP contribution is -2.15. The van der Waals surface area contributed by atoms with Gasteiger partial charge in [-0.15, -0.1) is 0 Å². The summed E-state index contributed by atoms with van der Waals surface area (Å²) in [6.07, 6.45) is 1.77. The van der Waals surface area contributed by atoms with Crippen molar-refractivity contribution in [2.24, 2.45) is 0 Å². The van der Waals surface area contributed by atoms with E-state index in [0.29, 0.717) is 17.0 Å². The lowest BCUT2D eigenvalue weighted by atomic mass is 10.1. The van der Waals surface area contributed by atoms with Gasteiger partial charge in [-0.05, 0) is 46.6 Å². The molecule has 1 aromatic carbocycles. The first kappa shape index (κ1) is 13.8. The van der Waals surface area contributed by atoms with Crippen molar-refractivity contribution >= 4 is 38.5 Å². The third kappa shape index (κ3) is 2.95. The third-order valence-electron chi connectivity index (χ3n) is 3.08. The Labute approximate surface area is 129 Å². The number of carbonyl (C=O) groups excluding carboxylic acids is 1. The van der Waals surface area contributed by atoms with Gasteiger partial charge >= 0.3 is 0 Å². The number of amides is 1. The molecule has 6 heteroatoms. The molecule has 3 aromatic rings. The van der Waals surface area contributed by atoms with E-state index >= 15 is 0 Å². The molecule has 21 heavy (non-hydrogen) atoms. The van der Waals surface area contributed by atoms with Crippen LogP contribution in [0.4, 0.5) is 5.69 Å². The Balaban J connectivity index is 1.75. The van der Waals surface area contributed by atoms with Gasteiger partial charge in [0.1, 0.15) is 10.3 Å². The first-order valence-electron chi connectivity index (χ1n) is 6.39. The number of anilines is 1. The highest BCUT2D eigenvalue weighted by atomic mass is 79.9. The summed E-state index contributed by atoms with van der Waals surface area (Å²) in [7, 11) is 0. The lowest BCUT2D eigenvalue weighted by molar-refractivity contribution is -0.115. The summed E-state index contributed by atoms with van der Waals surface area (Å²) >= 11 is 3.33. The number of aryl methyl sites for hydroxylation is 1. The number of rotatable bonds is 3. The zero-order valence-corrected chi connectivity index (χ0v) is 12.8. The molecule has 0 unspecified atom stereocenters. The zero-order valence-electron chi connectivity index (χ0n) is 11.3. The second-order valence-electron chi connectivity index (χ2n) is 4.68. The number of pyridine rings is 1. The Bertz CT molecular complexity index is 814. The summed E-state index contributed by atoms with van der Waals surface area (Å²) in [6, 6.07) is 9.33. The first-order valence-corrected chi connectivity index (χ1v) is 7.18. The topological polar surface area (TPSA) is 68.0 Å². The molecule has 2 heterocycles. The average molecular weight is 346 g/mol. The van der Waals surface area contributed by atoms with Crippen molar-refractivity contribution < 1.29 is 9.32 Å². The highest BCUT2D eigenvalue weighted by Gasteiger charge is 2.12. The molecule has 1 amide bonds. The largest absolute Gasteiger partial charge is 0.356 e. The Morgan fingerprint density at radius 2 is 2.19 bits per heavy atom. The predicted molar refractivity (Wildman–Crippen MR) is 83.0 cm³/mol. The molecule has 0 fully saturated rings. The maximum Gasteiger partial charge on any atom is 0.230 e. The number of nitrogens with zero attached hydrogens (tertiary/aromatic N) is 2. The van der Waals surface area contributed by atoms with Gasteiger partial charge in [-0.3, -0.25) is 4.79 Å². The fraction of sp³-hybridized carbons (Fsp3) is 0.133. The highest BCUT2D eigenvalue weighted by Crippen LogP contribution is 2.19. The van der Waals surface area contributed by atoms with Gasteiger partial charge in [-0.25, -0.2) is 4.98 Å². The first-order chi connectivity index (χ1) is 10.1. The number of hydrogen-bond donors (Lipinski definition) is 1. The highest BCUT2D eigenvalue weighted by molar-refractivity contribution is 9.10. The Hall–Kier alpha value is -2.21. The van der Waals surface area contributed by atoms with Crippen LogP contribution in [0.2, 0.25) is 0 Å². The van der Waals surface area contributed by atoms with Gasteiger partial charge in [0.2, 0.25) is 5.91 Å². The minimum Gasteiger partial charge on any atom is -0.356 e. The van der Waals surface area contributed by atoms with E-state index in [1.54, 1.807) is 6.20 Å². The SMILES string of the molecule is Cc1cc(NC(=O)Cc2noc3ccccc23)cnc1Br. The monoisotopic (exact) mass is 345 g/mol. The number of benzene rings is 1. The lowest BCUT2D eigenvalue weighted by Gasteiger charge is -2.05. The fourth-order valence-electron chi connectivity index (χ4n) is 2.05. The Kier molecular flexibility index (Phi) is 3.70. The van der Waals surface area contributed by atoms with Gasteiger partial charge in [0.25, 0.3) is 0 Å². The molecule has 0 aliphatic heterocycles. The molecule has 0 spiro atoms. The fourth-order valence-corrected chi connectivity index (χ4v) is 2.27. The van der Waals surface area contributed by atoms with Crippen LogP contribution in [0.25, 0.3) is 11.0 Å². The molecular formula is C15H12BrN3O2. The van der Waals surface area contributed by atoms with Crippen LogP contribution in [0, 0.1) is 6.92 Å². The number of aromatic nitrogens is 2. The predicted octanol–water partition coefficient (Wildman–Crippen LogP) is 3.47. The quantitative estimate of drug-likeness (QED) is 0.738. The van der Waals surface area contributed by atoms with E-state index in [2.05, 4.69) is 31.4 Å². The van der Waals surface area contributed by atoms with E-state index in [-0.39, 0.29) is 12.3 Å². The molecule has 3 rings (SSSR count). The maximum absolute atomic E-state index is 12.1. The second kappa shape index (κ2) is 5.65. The molecule has 0 bridgehead atoms. The summed E-state index contributed by atoms with van der Waals surface area (Å²) in [5.41, 5.74) is 2.93. The van der Waals surface area contributed by atoms with Crippen molar-refractivity contribution in [3.05, 3.63) is 52.4 Å². The van der Waals surface area contributed by atoms with Crippen LogP contribution in [0.1, 0.15) is 11.3 Å². The summed E-state index contributed by atoms with van der Waals surface area (Å²) in [4.78, 5) is 16.2. The smallest absolute Gasteiger partial charge is 0.230 e. The van der Waals surface area contributed by atoms with Gasteiger partial charge in [0.15, 0.2) is 5.58 Å². The summed E-state index contributed by atoms with van der Waals surface area (Å²) < 4.78 is 5.95. The van der Waals surface area contributed by atoms with Gasteiger partial charge in [-0.1, -0.05) is 17.3 Å². The summed E-state index contributed by atoms with van der Waals surface area (Å²) in [5.74, 6) is -0.155. The van der Waals surface area contributed by atoms with Crippen LogP contribution in [-0.2, 0) is 11.2 Å². The summed E-state index contributed by atoms with van der Waals surface area (Å²) in [5, 5.41) is 7.62. The van der Waals surface area contributed by atoms with Crippen molar-refractivity contribution in [2.45, 2.75) is 13.3 Å². The van der Waals surface area contributed by atoms with Crippen molar-refractivity contribution in [3.63, 3.8) is 0 Å². The van der Waals surface area contributed by atoms with E-state index in [1.165, 1.54) is 0 Å². The molecule has 5 nitrogen and oxygen atoms in total. The number of fused-ring (bicyclic) bond motifs is 1. The van der Waals surface area contributed by atoms with Crippen LogP contribution >= 0.6 is 15.9 Å². The van der Waals surface area contributed by atoms with Gasteiger partial charge in [0, 0.05) is 5.39 Å². The molecule has 2 aromatic heterocycles. The number of halogens is 1. The third-order valence-corrected chi connectivity index (χ3v) is 3.91. The van der Waals surface area contributed by atoms with Crippen LogP contribution in [0.5, 0.6) is 0 Å². The van der Waals surface area contributed by atoms with E-state index in [1.807, 2.05) is 37.3 Å². The normalized spacial score (nSPS) is 10.8. The molecule has 106 valence electrons. The minimum atomic E-state index is -0.155. The zero-order chi connectivity index (χ0) is 14.8. The number of carbonyl (C=O) groups is 1. The van der Waals surface area contributed by atoms with Crippen molar-refractivity contribution in [1.82, 2.24) is 10.1 Å². The average Bonchev–Trinajstić information content (AvgIpc) is 2.86. The summed E-state index contributed by atoms with van der Waals surface area (Å²) in [6.45, 7) is 1.91. The number of hydrogen-bond acceptors (Lipinski definition) is 4. The van der Waals surface area contributed by atoms with Crippen molar-refractivity contribution in [2.75, 3.05) is 5.32 Å². The van der Waals surface area contributed by atoms with Gasteiger partial charge in [-0.2, -0.15) is 0 Å². The van der Waals surface area contributed by atoms with Crippen LogP contribution in [0.3, 0.4) is 0 Å². The van der Waals surface area contributed by atoms with E-state index in [9.17, 15) is 4.79 Å². The maximum atomic E-state index is 12.1. The van der Waals surface area contributed by atoms with Gasteiger partial charge < -0.3 is 9.84 Å². The standard InChI is InChI=1S/C15H12BrN3O2/c1-9-6-10(8-17-15(9)16)18-14(20)7-12-11-4-2-3-5-13(11)21-19-12/h2-6,8H,7H2,1H3,(H,18,20). The van der Waals surface area contributed by atoms with Crippen molar-refractivity contribution in [1.29, 1.82) is 0 Å². The molecule has 0 aliphatic rings. The Morgan fingerprint density at radius 3 is 3.00 bits per heavy atom. The molecule has 0 atom stereocenters. The number of nitrogens with one attached hydrogen (secondary N) is 1. The van der Waals surface area contributed by atoms with Crippen LogP contribution in [-0.4, -0.2) is 16.0 Å². The van der Waals surface area contributed by atoms with Crippen LogP contribution in [0.15, 0.2) is 45.7 Å². The molecule has 0 radical (unpaired) electrons. The minimum absolute atomic E-state index is 0.155.